The highest BCUT2D eigenvalue weighted by Crippen LogP contribution is 2.34. The van der Waals surface area contributed by atoms with Gasteiger partial charge in [0.15, 0.2) is 0 Å². The van der Waals surface area contributed by atoms with E-state index < -0.39 is 0 Å². The molecule has 0 bridgehead atoms. The average molecular weight is 251 g/mol. The second kappa shape index (κ2) is 4.84. The zero-order chi connectivity index (χ0) is 13.3. The van der Waals surface area contributed by atoms with Crippen LogP contribution >= 0.6 is 0 Å². The summed E-state index contributed by atoms with van der Waals surface area (Å²) >= 11 is 0. The van der Waals surface area contributed by atoms with Crippen LogP contribution in [0, 0.1) is 0 Å². The van der Waals surface area contributed by atoms with Gasteiger partial charge in [-0.1, -0.05) is 60.7 Å². The Hall–Kier alpha value is -1.58. The molecule has 2 nitrogen and oxygen atoms in total. The summed E-state index contributed by atoms with van der Waals surface area (Å²) in [6.45, 7) is 4.38. The van der Waals surface area contributed by atoms with Crippen molar-refractivity contribution in [3.63, 3.8) is 0 Å². The SMILES string of the molecule is CC1(C)NB(c2ccccc2)OC1c1ccccc1. The minimum absolute atomic E-state index is 0.0404. The Balaban J connectivity index is 1.88. The van der Waals surface area contributed by atoms with Gasteiger partial charge in [0, 0.05) is 5.54 Å². The van der Waals surface area contributed by atoms with Crippen molar-refractivity contribution in [1.29, 1.82) is 0 Å². The molecule has 19 heavy (non-hydrogen) atoms. The van der Waals surface area contributed by atoms with Gasteiger partial charge in [-0.2, -0.15) is 0 Å². The third-order valence-corrected chi connectivity index (χ3v) is 3.64. The van der Waals surface area contributed by atoms with Crippen molar-refractivity contribution < 1.29 is 4.65 Å². The monoisotopic (exact) mass is 251 g/mol. The van der Waals surface area contributed by atoms with Crippen LogP contribution in [-0.4, -0.2) is 12.6 Å². The molecule has 0 saturated carbocycles. The maximum atomic E-state index is 6.24. The fourth-order valence-electron chi connectivity index (χ4n) is 2.67. The maximum absolute atomic E-state index is 6.24. The van der Waals surface area contributed by atoms with Crippen LogP contribution in [0.1, 0.15) is 25.5 Å². The van der Waals surface area contributed by atoms with Gasteiger partial charge in [0.2, 0.25) is 0 Å². The highest BCUT2D eigenvalue weighted by molar-refractivity contribution is 6.65. The van der Waals surface area contributed by atoms with Gasteiger partial charge < -0.3 is 9.88 Å². The maximum Gasteiger partial charge on any atom is 0.416 e. The van der Waals surface area contributed by atoms with E-state index in [1.54, 1.807) is 0 Å². The molecule has 96 valence electrons. The van der Waals surface area contributed by atoms with Gasteiger partial charge in [-0.15, -0.1) is 0 Å². The predicted molar refractivity (Wildman–Crippen MR) is 79.3 cm³/mol. The Bertz CT molecular complexity index is 541. The molecule has 0 spiro atoms. The highest BCUT2D eigenvalue weighted by atomic mass is 16.5. The molecule has 0 amide bonds. The lowest BCUT2D eigenvalue weighted by Crippen LogP contribution is -2.48. The molecule has 0 aliphatic carbocycles. The molecule has 1 N–H and O–H groups in total. The van der Waals surface area contributed by atoms with E-state index in [-0.39, 0.29) is 18.7 Å². The number of rotatable bonds is 2. The van der Waals surface area contributed by atoms with E-state index in [1.807, 2.05) is 24.3 Å². The molecule has 2 aromatic carbocycles. The molecule has 3 rings (SSSR count). The molecule has 0 radical (unpaired) electrons. The molecule has 1 aliphatic heterocycles. The second-order valence-corrected chi connectivity index (χ2v) is 5.58. The van der Waals surface area contributed by atoms with Gasteiger partial charge >= 0.3 is 7.05 Å². The van der Waals surface area contributed by atoms with E-state index in [2.05, 4.69) is 55.5 Å². The van der Waals surface area contributed by atoms with Crippen LogP contribution in [0.15, 0.2) is 60.7 Å². The lowest BCUT2D eigenvalue weighted by Gasteiger charge is -2.26. The zero-order valence-electron chi connectivity index (χ0n) is 11.3. The summed E-state index contributed by atoms with van der Waals surface area (Å²) in [5, 5.41) is 3.57. The summed E-state index contributed by atoms with van der Waals surface area (Å²) in [5.41, 5.74) is 2.31. The van der Waals surface area contributed by atoms with Gasteiger partial charge in [-0.05, 0) is 24.9 Å². The van der Waals surface area contributed by atoms with Gasteiger partial charge in [0.25, 0.3) is 0 Å². The minimum Gasteiger partial charge on any atom is -0.409 e. The first kappa shape index (κ1) is 12.5. The molecule has 1 heterocycles. The standard InChI is InChI=1S/C16H18BNO/c1-16(2)15(13-9-5-3-6-10-13)19-17(18-16)14-11-7-4-8-12-14/h3-12,15,18H,1-2H3. The first-order valence-electron chi connectivity index (χ1n) is 6.70. The third-order valence-electron chi connectivity index (χ3n) is 3.64. The molecular weight excluding hydrogens is 233 g/mol. The van der Waals surface area contributed by atoms with Crippen molar-refractivity contribution in [3.05, 3.63) is 66.2 Å². The summed E-state index contributed by atoms with van der Waals surface area (Å²) in [4.78, 5) is 0. The molecule has 1 atom stereocenters. The van der Waals surface area contributed by atoms with Crippen molar-refractivity contribution in [2.75, 3.05) is 0 Å². The molecule has 3 heteroatoms. The van der Waals surface area contributed by atoms with Crippen molar-refractivity contribution in [3.8, 4) is 0 Å². The number of hydrogen-bond donors (Lipinski definition) is 1. The Labute approximate surface area is 114 Å². The summed E-state index contributed by atoms with van der Waals surface area (Å²) in [6, 6.07) is 20.7. The number of benzene rings is 2. The Morgan fingerprint density at radius 3 is 2.16 bits per heavy atom. The van der Waals surface area contributed by atoms with Crippen LogP contribution in [0.5, 0.6) is 0 Å². The third kappa shape index (κ3) is 2.44. The highest BCUT2D eigenvalue weighted by Gasteiger charge is 2.44. The largest absolute Gasteiger partial charge is 0.416 e. The van der Waals surface area contributed by atoms with Crippen LogP contribution < -0.4 is 10.7 Å². The number of hydrogen-bond acceptors (Lipinski definition) is 2. The van der Waals surface area contributed by atoms with Crippen molar-refractivity contribution in [2.45, 2.75) is 25.5 Å². The first-order chi connectivity index (χ1) is 9.17. The molecule has 1 fully saturated rings. The molecule has 1 unspecified atom stereocenters. The summed E-state index contributed by atoms with van der Waals surface area (Å²) in [6.07, 6.45) is 0.0684. The van der Waals surface area contributed by atoms with E-state index in [0.717, 1.165) is 0 Å². The van der Waals surface area contributed by atoms with E-state index >= 15 is 0 Å². The molecular formula is C16H18BNO. The zero-order valence-corrected chi connectivity index (χ0v) is 11.3. The van der Waals surface area contributed by atoms with Crippen LogP contribution in [-0.2, 0) is 4.65 Å². The topological polar surface area (TPSA) is 21.3 Å². The van der Waals surface area contributed by atoms with E-state index in [1.165, 1.54) is 11.0 Å². The van der Waals surface area contributed by atoms with E-state index in [9.17, 15) is 0 Å². The Kier molecular flexibility index (Phi) is 3.17. The van der Waals surface area contributed by atoms with Crippen molar-refractivity contribution >= 4 is 12.5 Å². The fourth-order valence-corrected chi connectivity index (χ4v) is 2.67. The predicted octanol–water partition coefficient (Wildman–Crippen LogP) is 2.52. The second-order valence-electron chi connectivity index (χ2n) is 5.58. The summed E-state index contributed by atoms with van der Waals surface area (Å²) < 4.78 is 6.24. The van der Waals surface area contributed by atoms with E-state index in [0.29, 0.717) is 0 Å². The van der Waals surface area contributed by atoms with Crippen molar-refractivity contribution in [1.82, 2.24) is 5.23 Å². The van der Waals surface area contributed by atoms with Gasteiger partial charge in [-0.3, -0.25) is 0 Å². The lowest BCUT2D eigenvalue weighted by molar-refractivity contribution is 0.174. The Morgan fingerprint density at radius 2 is 1.53 bits per heavy atom. The van der Waals surface area contributed by atoms with Gasteiger partial charge in [-0.25, -0.2) is 0 Å². The van der Waals surface area contributed by atoms with Crippen molar-refractivity contribution in [2.24, 2.45) is 0 Å². The van der Waals surface area contributed by atoms with E-state index in [4.69, 9.17) is 4.65 Å². The summed E-state index contributed by atoms with van der Waals surface area (Å²) in [5.74, 6) is 0. The molecule has 1 aliphatic rings. The molecule has 2 aromatic rings. The normalized spacial score (nSPS) is 21.6. The smallest absolute Gasteiger partial charge is 0.409 e. The Morgan fingerprint density at radius 1 is 0.947 bits per heavy atom. The fraction of sp³-hybridized carbons (Fsp3) is 0.250. The van der Waals surface area contributed by atoms with Crippen LogP contribution in [0.4, 0.5) is 0 Å². The van der Waals surface area contributed by atoms with Crippen LogP contribution in [0.2, 0.25) is 0 Å². The van der Waals surface area contributed by atoms with Gasteiger partial charge in [0.1, 0.15) is 0 Å². The van der Waals surface area contributed by atoms with Crippen LogP contribution in [0.25, 0.3) is 0 Å². The number of nitrogens with one attached hydrogen (secondary N) is 1. The molecule has 0 aromatic heterocycles. The lowest BCUT2D eigenvalue weighted by atomic mass is 9.73. The molecule has 1 saturated heterocycles. The van der Waals surface area contributed by atoms with Gasteiger partial charge in [0.05, 0.1) is 6.10 Å². The van der Waals surface area contributed by atoms with Crippen LogP contribution in [0.3, 0.4) is 0 Å². The minimum atomic E-state index is -0.0815. The summed E-state index contributed by atoms with van der Waals surface area (Å²) in [7, 11) is -0.0404. The first-order valence-corrected chi connectivity index (χ1v) is 6.70. The quantitative estimate of drug-likeness (QED) is 0.828. The average Bonchev–Trinajstić information content (AvgIpc) is 2.77.